The summed E-state index contributed by atoms with van der Waals surface area (Å²) in [6.45, 7) is 3.94. The van der Waals surface area contributed by atoms with Crippen molar-refractivity contribution in [1.82, 2.24) is 0 Å². The Hall–Kier alpha value is -2.66. The van der Waals surface area contributed by atoms with Crippen LogP contribution in [-0.2, 0) is 4.79 Å². The number of carbonyl (C=O) groups is 2. The average molecular weight is 312 g/mol. The van der Waals surface area contributed by atoms with E-state index in [9.17, 15) is 9.59 Å². The lowest BCUT2D eigenvalue weighted by Crippen LogP contribution is -2.91. The van der Waals surface area contributed by atoms with Gasteiger partial charge in [-0.15, -0.1) is 0 Å². The van der Waals surface area contributed by atoms with E-state index < -0.39 is 5.91 Å². The van der Waals surface area contributed by atoms with E-state index in [1.54, 1.807) is 24.3 Å². The maximum atomic E-state index is 12.3. The smallest absolute Gasteiger partial charge is 0.282 e. The number of anilines is 1. The van der Waals surface area contributed by atoms with Crippen LogP contribution in [0.2, 0.25) is 0 Å². The van der Waals surface area contributed by atoms with Gasteiger partial charge in [-0.05, 0) is 38.1 Å². The summed E-state index contributed by atoms with van der Waals surface area (Å²) in [7, 11) is 0. The van der Waals surface area contributed by atoms with Gasteiger partial charge >= 0.3 is 0 Å². The Balaban J connectivity index is 1.93. The molecule has 5 nitrogen and oxygen atoms in total. The van der Waals surface area contributed by atoms with E-state index in [1.807, 2.05) is 42.6 Å². The first-order valence-electron chi connectivity index (χ1n) is 7.58. The summed E-state index contributed by atoms with van der Waals surface area (Å²) in [5.74, 6) is -0.569. The standard InChI is InChI=1S/C18H21N3O2/c1-12(14-6-4-3-5-7-14)20-13(2)18(23)21-16-10-8-15(9-11-16)17(19)22/h3-13,20H,1-2H3,(H2,19,22)(H,21,23)/p+1/t12-,13-/m1/s1. The number of hydrogen-bond acceptors (Lipinski definition) is 2. The third-order valence-electron chi connectivity index (χ3n) is 3.75. The zero-order valence-electron chi connectivity index (χ0n) is 13.3. The number of nitrogens with two attached hydrogens (primary N) is 2. The number of quaternary nitrogens is 1. The number of carbonyl (C=O) groups excluding carboxylic acids is 2. The van der Waals surface area contributed by atoms with Gasteiger partial charge < -0.3 is 16.4 Å². The van der Waals surface area contributed by atoms with Crippen molar-refractivity contribution in [3.63, 3.8) is 0 Å². The summed E-state index contributed by atoms with van der Waals surface area (Å²) in [4.78, 5) is 23.3. The van der Waals surface area contributed by atoms with Crippen molar-refractivity contribution in [2.45, 2.75) is 25.9 Å². The van der Waals surface area contributed by atoms with Gasteiger partial charge in [-0.1, -0.05) is 30.3 Å². The second-order valence-corrected chi connectivity index (χ2v) is 5.61. The number of benzene rings is 2. The van der Waals surface area contributed by atoms with Gasteiger partial charge in [0.05, 0.1) is 0 Å². The summed E-state index contributed by atoms with van der Waals surface area (Å²) in [6.07, 6.45) is 0. The Morgan fingerprint density at radius 3 is 2.17 bits per heavy atom. The van der Waals surface area contributed by atoms with E-state index in [1.165, 1.54) is 5.56 Å². The molecule has 23 heavy (non-hydrogen) atoms. The molecule has 2 atom stereocenters. The zero-order valence-corrected chi connectivity index (χ0v) is 13.3. The molecule has 2 aromatic carbocycles. The molecule has 0 saturated carbocycles. The van der Waals surface area contributed by atoms with E-state index in [4.69, 9.17) is 5.73 Å². The van der Waals surface area contributed by atoms with Gasteiger partial charge in [0.1, 0.15) is 6.04 Å². The zero-order chi connectivity index (χ0) is 16.8. The normalized spacial score (nSPS) is 13.1. The average Bonchev–Trinajstić information content (AvgIpc) is 2.56. The molecule has 0 aliphatic rings. The van der Waals surface area contributed by atoms with Gasteiger partial charge in [-0.3, -0.25) is 9.59 Å². The number of amides is 2. The molecule has 0 saturated heterocycles. The van der Waals surface area contributed by atoms with Crippen molar-refractivity contribution in [3.8, 4) is 0 Å². The van der Waals surface area contributed by atoms with Crippen LogP contribution in [0.5, 0.6) is 0 Å². The molecule has 2 amide bonds. The van der Waals surface area contributed by atoms with Gasteiger partial charge in [-0.2, -0.15) is 0 Å². The minimum atomic E-state index is -0.485. The highest BCUT2D eigenvalue weighted by molar-refractivity contribution is 5.95. The van der Waals surface area contributed by atoms with Crippen molar-refractivity contribution in [2.75, 3.05) is 5.32 Å². The second-order valence-electron chi connectivity index (χ2n) is 5.61. The van der Waals surface area contributed by atoms with Crippen LogP contribution in [0.1, 0.15) is 35.8 Å². The molecule has 0 aromatic heterocycles. The highest BCUT2D eigenvalue weighted by atomic mass is 16.2. The summed E-state index contributed by atoms with van der Waals surface area (Å²) in [6, 6.07) is 16.5. The Morgan fingerprint density at radius 1 is 1.00 bits per heavy atom. The largest absolute Gasteiger partial charge is 0.366 e. The fourth-order valence-electron chi connectivity index (χ4n) is 2.36. The highest BCUT2D eigenvalue weighted by Crippen LogP contribution is 2.10. The summed E-state index contributed by atoms with van der Waals surface area (Å²) >= 11 is 0. The molecule has 0 unspecified atom stereocenters. The van der Waals surface area contributed by atoms with Crippen LogP contribution < -0.4 is 16.4 Å². The lowest BCUT2D eigenvalue weighted by Gasteiger charge is -2.17. The molecule has 2 aromatic rings. The SMILES string of the molecule is C[C@@H]([NH2+][C@H](C)c1ccccc1)C(=O)Nc1ccc(C(N)=O)cc1. The van der Waals surface area contributed by atoms with Gasteiger partial charge in [0.25, 0.3) is 5.91 Å². The molecule has 0 spiro atoms. The monoisotopic (exact) mass is 312 g/mol. The number of rotatable bonds is 6. The van der Waals surface area contributed by atoms with Crippen molar-refractivity contribution in [1.29, 1.82) is 0 Å². The van der Waals surface area contributed by atoms with Crippen molar-refractivity contribution < 1.29 is 14.9 Å². The first-order valence-corrected chi connectivity index (χ1v) is 7.58. The van der Waals surface area contributed by atoms with Crippen molar-refractivity contribution >= 4 is 17.5 Å². The molecule has 5 heteroatoms. The minimum absolute atomic E-state index is 0.0837. The number of nitrogens with one attached hydrogen (secondary N) is 1. The quantitative estimate of drug-likeness (QED) is 0.753. The van der Waals surface area contributed by atoms with Gasteiger partial charge in [-0.25, -0.2) is 0 Å². The Morgan fingerprint density at radius 2 is 1.61 bits per heavy atom. The van der Waals surface area contributed by atoms with Crippen molar-refractivity contribution in [3.05, 3.63) is 65.7 Å². The predicted octanol–water partition coefficient (Wildman–Crippen LogP) is 1.44. The molecule has 0 radical (unpaired) electrons. The summed E-state index contributed by atoms with van der Waals surface area (Å²) in [5.41, 5.74) is 7.43. The third-order valence-corrected chi connectivity index (χ3v) is 3.75. The summed E-state index contributed by atoms with van der Waals surface area (Å²) in [5, 5.41) is 4.86. The minimum Gasteiger partial charge on any atom is -0.366 e. The molecule has 0 fully saturated rings. The van der Waals surface area contributed by atoms with Crippen molar-refractivity contribution in [2.24, 2.45) is 5.73 Å². The first-order chi connectivity index (χ1) is 11.0. The Bertz CT molecular complexity index is 668. The third kappa shape index (κ3) is 4.66. The van der Waals surface area contributed by atoms with E-state index in [-0.39, 0.29) is 18.0 Å². The first kappa shape index (κ1) is 16.7. The second kappa shape index (κ2) is 7.56. The predicted molar refractivity (Wildman–Crippen MR) is 89.8 cm³/mol. The molecular weight excluding hydrogens is 290 g/mol. The molecule has 0 aliphatic heterocycles. The molecule has 5 N–H and O–H groups in total. The molecular formula is C18H22N3O2+. The molecule has 0 aliphatic carbocycles. The lowest BCUT2D eigenvalue weighted by molar-refractivity contribution is -0.709. The molecule has 0 bridgehead atoms. The van der Waals surface area contributed by atoms with Crippen LogP contribution in [0.15, 0.2) is 54.6 Å². The van der Waals surface area contributed by atoms with Crippen LogP contribution in [0.3, 0.4) is 0 Å². The maximum absolute atomic E-state index is 12.3. The van der Waals surface area contributed by atoms with E-state index in [0.29, 0.717) is 11.3 Å². The fourth-order valence-corrected chi connectivity index (χ4v) is 2.36. The number of primary amides is 1. The van der Waals surface area contributed by atoms with E-state index >= 15 is 0 Å². The van der Waals surface area contributed by atoms with Crippen LogP contribution >= 0.6 is 0 Å². The lowest BCUT2D eigenvalue weighted by atomic mass is 10.1. The fraction of sp³-hybridized carbons (Fsp3) is 0.222. The molecule has 0 heterocycles. The van der Waals surface area contributed by atoms with Gasteiger partial charge in [0.2, 0.25) is 5.91 Å². The van der Waals surface area contributed by atoms with Crippen LogP contribution in [-0.4, -0.2) is 17.9 Å². The maximum Gasteiger partial charge on any atom is 0.282 e. The number of hydrogen-bond donors (Lipinski definition) is 3. The van der Waals surface area contributed by atoms with Gasteiger partial charge in [0.15, 0.2) is 6.04 Å². The Kier molecular flexibility index (Phi) is 5.49. The van der Waals surface area contributed by atoms with Crippen LogP contribution in [0, 0.1) is 0 Å². The van der Waals surface area contributed by atoms with Crippen LogP contribution in [0.4, 0.5) is 5.69 Å². The van der Waals surface area contributed by atoms with Crippen LogP contribution in [0.25, 0.3) is 0 Å². The Labute approximate surface area is 135 Å². The van der Waals surface area contributed by atoms with E-state index in [0.717, 1.165) is 0 Å². The van der Waals surface area contributed by atoms with Gasteiger partial charge in [0, 0.05) is 16.8 Å². The summed E-state index contributed by atoms with van der Waals surface area (Å²) < 4.78 is 0. The molecule has 120 valence electrons. The van der Waals surface area contributed by atoms with E-state index in [2.05, 4.69) is 12.2 Å². The molecule has 2 rings (SSSR count). The highest BCUT2D eigenvalue weighted by Gasteiger charge is 2.20. The topological polar surface area (TPSA) is 88.8 Å².